The Bertz CT molecular complexity index is 1080. The zero-order chi connectivity index (χ0) is 18.8. The van der Waals surface area contributed by atoms with Crippen LogP contribution in [0.3, 0.4) is 0 Å². The molecule has 0 saturated carbocycles. The summed E-state index contributed by atoms with van der Waals surface area (Å²) < 4.78 is 28.3. The average molecular weight is 377 g/mol. The highest BCUT2D eigenvalue weighted by Gasteiger charge is 2.59. The highest BCUT2D eigenvalue weighted by molar-refractivity contribution is 7.89. The number of aliphatic hydroxyl groups excluding tert-OH is 1. The average Bonchev–Trinajstić information content (AvgIpc) is 3.44. The van der Waals surface area contributed by atoms with Gasteiger partial charge in [0.2, 0.25) is 10.0 Å². The molecule has 3 aromatic rings. The molecule has 1 N–H and O–H groups in total. The molecule has 136 valence electrons. The van der Waals surface area contributed by atoms with Gasteiger partial charge in [-0.05, 0) is 41.3 Å². The maximum absolute atomic E-state index is 13.3. The van der Waals surface area contributed by atoms with E-state index in [-0.39, 0.29) is 12.1 Å². The van der Waals surface area contributed by atoms with E-state index in [1.54, 1.807) is 16.4 Å². The van der Waals surface area contributed by atoms with Crippen LogP contribution in [0.5, 0.6) is 0 Å². The van der Waals surface area contributed by atoms with Crippen LogP contribution in [0.2, 0.25) is 0 Å². The van der Waals surface area contributed by atoms with E-state index < -0.39 is 16.1 Å². The second kappa shape index (κ2) is 5.76. The zero-order valence-corrected chi connectivity index (χ0v) is 15.6. The van der Waals surface area contributed by atoms with Gasteiger partial charge in [-0.2, -0.15) is 4.31 Å². The van der Waals surface area contributed by atoms with Crippen molar-refractivity contribution in [2.75, 3.05) is 0 Å². The first-order valence-corrected chi connectivity index (χ1v) is 10.4. The molecule has 0 radical (unpaired) electrons. The molecule has 1 heterocycles. The molecular formula is C22H19NO3S. The summed E-state index contributed by atoms with van der Waals surface area (Å²) in [7, 11) is -3.63. The second-order valence-corrected chi connectivity index (χ2v) is 9.04. The van der Waals surface area contributed by atoms with Crippen molar-refractivity contribution in [3.8, 4) is 0 Å². The quantitative estimate of drug-likeness (QED) is 0.690. The number of sulfonamides is 1. The minimum absolute atomic E-state index is 0.286. The van der Waals surface area contributed by atoms with Gasteiger partial charge in [-0.1, -0.05) is 66.2 Å². The van der Waals surface area contributed by atoms with Crippen molar-refractivity contribution in [1.82, 2.24) is 4.31 Å². The van der Waals surface area contributed by atoms with Crippen molar-refractivity contribution < 1.29 is 13.5 Å². The SMILES string of the molecule is Cc1ccc(S(=O)(=O)N2[C@@H]3c4ccccc4C(O)c4ccccc4[C@@H]32)cc1. The van der Waals surface area contributed by atoms with Gasteiger partial charge in [-0.3, -0.25) is 0 Å². The van der Waals surface area contributed by atoms with Gasteiger partial charge < -0.3 is 5.11 Å². The molecule has 0 aromatic heterocycles. The molecule has 0 spiro atoms. The number of aliphatic hydroxyl groups is 1. The monoisotopic (exact) mass is 377 g/mol. The highest BCUT2D eigenvalue weighted by Crippen LogP contribution is 2.62. The van der Waals surface area contributed by atoms with Crippen LogP contribution in [0.1, 0.15) is 46.0 Å². The van der Waals surface area contributed by atoms with Crippen LogP contribution in [0.25, 0.3) is 0 Å². The topological polar surface area (TPSA) is 57.4 Å². The van der Waals surface area contributed by atoms with Gasteiger partial charge in [0.1, 0.15) is 6.10 Å². The van der Waals surface area contributed by atoms with Crippen molar-refractivity contribution >= 4 is 10.0 Å². The third-order valence-electron chi connectivity index (χ3n) is 5.57. The minimum atomic E-state index is -3.63. The summed E-state index contributed by atoms with van der Waals surface area (Å²) in [6.07, 6.45) is -0.742. The Morgan fingerprint density at radius 2 is 1.19 bits per heavy atom. The predicted octanol–water partition coefficient (Wildman–Crippen LogP) is 3.88. The van der Waals surface area contributed by atoms with Crippen LogP contribution in [0.15, 0.2) is 77.7 Å². The van der Waals surface area contributed by atoms with Gasteiger partial charge in [0.25, 0.3) is 0 Å². The van der Waals surface area contributed by atoms with E-state index in [9.17, 15) is 13.5 Å². The molecule has 1 fully saturated rings. The molecule has 1 aliphatic heterocycles. The van der Waals surface area contributed by atoms with E-state index in [0.717, 1.165) is 27.8 Å². The van der Waals surface area contributed by atoms with Crippen LogP contribution in [-0.2, 0) is 10.0 Å². The first-order chi connectivity index (χ1) is 13.0. The van der Waals surface area contributed by atoms with Crippen LogP contribution >= 0.6 is 0 Å². The molecule has 1 aliphatic carbocycles. The molecule has 2 aliphatic rings. The fourth-order valence-electron chi connectivity index (χ4n) is 4.18. The fraction of sp³-hybridized carbons (Fsp3) is 0.182. The maximum Gasteiger partial charge on any atom is 0.244 e. The molecule has 0 bridgehead atoms. The lowest BCUT2D eigenvalue weighted by Crippen LogP contribution is -2.16. The third kappa shape index (κ3) is 2.39. The lowest BCUT2D eigenvalue weighted by molar-refractivity contribution is 0.218. The molecule has 4 nitrogen and oxygen atoms in total. The van der Waals surface area contributed by atoms with Crippen molar-refractivity contribution in [2.24, 2.45) is 0 Å². The minimum Gasteiger partial charge on any atom is -0.384 e. The van der Waals surface area contributed by atoms with Crippen molar-refractivity contribution in [2.45, 2.75) is 30.0 Å². The fourth-order valence-corrected chi connectivity index (χ4v) is 5.91. The molecule has 3 aromatic carbocycles. The van der Waals surface area contributed by atoms with E-state index in [1.807, 2.05) is 67.6 Å². The van der Waals surface area contributed by atoms with Crippen molar-refractivity contribution in [3.05, 3.63) is 101 Å². The number of fused-ring (bicyclic) bond motifs is 5. The summed E-state index contributed by atoms with van der Waals surface area (Å²) in [6, 6.07) is 21.6. The maximum atomic E-state index is 13.3. The summed E-state index contributed by atoms with van der Waals surface area (Å²) in [5, 5.41) is 10.9. The summed E-state index contributed by atoms with van der Waals surface area (Å²) in [5.74, 6) is 0. The van der Waals surface area contributed by atoms with Crippen LogP contribution in [0, 0.1) is 6.92 Å². The van der Waals surface area contributed by atoms with Gasteiger partial charge in [0, 0.05) is 0 Å². The van der Waals surface area contributed by atoms with Gasteiger partial charge in [0.15, 0.2) is 0 Å². The predicted molar refractivity (Wildman–Crippen MR) is 103 cm³/mol. The summed E-state index contributed by atoms with van der Waals surface area (Å²) in [6.45, 7) is 1.94. The number of aryl methyl sites for hydroxylation is 1. The van der Waals surface area contributed by atoms with Gasteiger partial charge in [0.05, 0.1) is 17.0 Å². The summed E-state index contributed by atoms with van der Waals surface area (Å²) in [5.41, 5.74) is 4.33. The molecule has 27 heavy (non-hydrogen) atoms. The van der Waals surface area contributed by atoms with E-state index in [2.05, 4.69) is 0 Å². The molecule has 0 amide bonds. The van der Waals surface area contributed by atoms with Crippen molar-refractivity contribution in [1.29, 1.82) is 0 Å². The van der Waals surface area contributed by atoms with E-state index in [4.69, 9.17) is 0 Å². The smallest absolute Gasteiger partial charge is 0.244 e. The number of hydrogen-bond acceptors (Lipinski definition) is 3. The number of hydrogen-bond donors (Lipinski definition) is 1. The van der Waals surface area contributed by atoms with Gasteiger partial charge in [-0.15, -0.1) is 0 Å². The number of benzene rings is 3. The van der Waals surface area contributed by atoms with Crippen LogP contribution in [-0.4, -0.2) is 17.8 Å². The normalized spacial score (nSPS) is 25.7. The largest absolute Gasteiger partial charge is 0.384 e. The van der Waals surface area contributed by atoms with E-state index >= 15 is 0 Å². The Kier molecular flexibility index (Phi) is 3.56. The molecule has 4 atom stereocenters. The molecular weight excluding hydrogens is 358 g/mol. The Hall–Kier alpha value is -2.47. The van der Waals surface area contributed by atoms with Gasteiger partial charge in [-0.25, -0.2) is 8.42 Å². The highest BCUT2D eigenvalue weighted by atomic mass is 32.2. The molecule has 2 unspecified atom stereocenters. The zero-order valence-electron chi connectivity index (χ0n) is 14.8. The van der Waals surface area contributed by atoms with E-state index in [0.29, 0.717) is 4.90 Å². The standard InChI is InChI=1S/C22H19NO3S/c1-14-10-12-15(13-11-14)27(25,26)23-20-16-6-2-4-8-18(16)22(24)19-9-5-3-7-17(19)21(20)23/h2-13,20-22,24H,1H3/t20-,21+,22?,23?. The Balaban J connectivity index is 1.69. The van der Waals surface area contributed by atoms with Crippen LogP contribution < -0.4 is 0 Å². The van der Waals surface area contributed by atoms with Crippen molar-refractivity contribution in [3.63, 3.8) is 0 Å². The lowest BCUT2D eigenvalue weighted by atomic mass is 9.96. The second-order valence-electron chi connectivity index (χ2n) is 7.20. The first kappa shape index (κ1) is 16.7. The Labute approximate surface area is 158 Å². The Morgan fingerprint density at radius 3 is 1.67 bits per heavy atom. The molecule has 1 saturated heterocycles. The van der Waals surface area contributed by atoms with Gasteiger partial charge >= 0.3 is 0 Å². The third-order valence-corrected chi connectivity index (χ3v) is 7.45. The number of nitrogens with zero attached hydrogens (tertiary/aromatic N) is 1. The number of rotatable bonds is 2. The van der Waals surface area contributed by atoms with Crippen LogP contribution in [0.4, 0.5) is 0 Å². The summed E-state index contributed by atoms with van der Waals surface area (Å²) >= 11 is 0. The molecule has 5 rings (SSSR count). The lowest BCUT2D eigenvalue weighted by Gasteiger charge is -2.18. The van der Waals surface area contributed by atoms with E-state index in [1.165, 1.54) is 0 Å². The Morgan fingerprint density at radius 1 is 0.741 bits per heavy atom. The summed E-state index contributed by atoms with van der Waals surface area (Å²) in [4.78, 5) is 0.302. The molecule has 5 heteroatoms. The first-order valence-electron chi connectivity index (χ1n) is 8.96.